The van der Waals surface area contributed by atoms with Gasteiger partial charge >= 0.3 is 0 Å². The first-order valence-corrected chi connectivity index (χ1v) is 6.80. The van der Waals surface area contributed by atoms with Gasteiger partial charge in [0, 0.05) is 25.8 Å². The Labute approximate surface area is 99.8 Å². The molecule has 1 unspecified atom stereocenters. The van der Waals surface area contributed by atoms with Crippen molar-refractivity contribution in [3.05, 3.63) is 0 Å². The van der Waals surface area contributed by atoms with Crippen molar-refractivity contribution < 1.29 is 4.74 Å². The molecule has 0 aromatic rings. The Kier molecular flexibility index (Phi) is 6.69. The number of hydrogen-bond acceptors (Lipinski definition) is 3. The second-order valence-corrected chi connectivity index (χ2v) is 4.99. The van der Waals surface area contributed by atoms with Crippen LogP contribution in [0.1, 0.15) is 32.6 Å². The van der Waals surface area contributed by atoms with Gasteiger partial charge in [-0.2, -0.15) is 12.6 Å². The van der Waals surface area contributed by atoms with Crippen LogP contribution in [-0.2, 0) is 4.74 Å². The standard InChI is InChI=1S/C12H25NOS/c1-3-4-11(10-15)9-13(2)12-5-7-14-8-6-12/h11-12,15H,3-10H2,1-2H3. The van der Waals surface area contributed by atoms with E-state index in [2.05, 4.69) is 31.5 Å². The van der Waals surface area contributed by atoms with Gasteiger partial charge in [-0.25, -0.2) is 0 Å². The lowest BCUT2D eigenvalue weighted by atomic mass is 10.0. The van der Waals surface area contributed by atoms with E-state index in [1.165, 1.54) is 32.2 Å². The predicted octanol–water partition coefficient (Wildman–Crippen LogP) is 2.44. The van der Waals surface area contributed by atoms with Gasteiger partial charge in [0.05, 0.1) is 0 Å². The highest BCUT2D eigenvalue weighted by Gasteiger charge is 2.20. The molecule has 0 N–H and O–H groups in total. The average Bonchev–Trinajstić information content (AvgIpc) is 2.29. The van der Waals surface area contributed by atoms with Crippen molar-refractivity contribution in [2.24, 2.45) is 5.92 Å². The molecule has 3 heteroatoms. The maximum atomic E-state index is 5.39. The molecule has 1 rings (SSSR count). The molecule has 1 saturated heterocycles. The third-order valence-electron chi connectivity index (χ3n) is 3.32. The van der Waals surface area contributed by atoms with Gasteiger partial charge < -0.3 is 9.64 Å². The van der Waals surface area contributed by atoms with E-state index in [1.54, 1.807) is 0 Å². The van der Waals surface area contributed by atoms with Crippen LogP contribution in [0.4, 0.5) is 0 Å². The highest BCUT2D eigenvalue weighted by Crippen LogP contribution is 2.16. The summed E-state index contributed by atoms with van der Waals surface area (Å²) >= 11 is 4.44. The molecule has 0 aromatic heterocycles. The molecule has 1 atom stereocenters. The van der Waals surface area contributed by atoms with Crippen LogP contribution in [0.25, 0.3) is 0 Å². The Morgan fingerprint density at radius 3 is 2.60 bits per heavy atom. The number of nitrogens with zero attached hydrogens (tertiary/aromatic N) is 1. The fourth-order valence-corrected chi connectivity index (χ4v) is 2.63. The summed E-state index contributed by atoms with van der Waals surface area (Å²) in [7, 11) is 2.25. The van der Waals surface area contributed by atoms with Crippen molar-refractivity contribution in [2.75, 3.05) is 32.6 Å². The maximum absolute atomic E-state index is 5.39. The maximum Gasteiger partial charge on any atom is 0.0480 e. The number of hydrogen-bond donors (Lipinski definition) is 1. The number of ether oxygens (including phenoxy) is 1. The second-order valence-electron chi connectivity index (χ2n) is 4.62. The summed E-state index contributed by atoms with van der Waals surface area (Å²) in [5, 5.41) is 0. The minimum atomic E-state index is 0.734. The summed E-state index contributed by atoms with van der Waals surface area (Å²) in [5.74, 6) is 1.77. The summed E-state index contributed by atoms with van der Waals surface area (Å²) in [6, 6.07) is 0.734. The Bertz CT molecular complexity index is 160. The van der Waals surface area contributed by atoms with Gasteiger partial charge in [0.25, 0.3) is 0 Å². The van der Waals surface area contributed by atoms with Crippen molar-refractivity contribution >= 4 is 12.6 Å². The lowest BCUT2D eigenvalue weighted by Crippen LogP contribution is -2.39. The summed E-state index contributed by atoms with van der Waals surface area (Å²) < 4.78 is 5.39. The Morgan fingerprint density at radius 2 is 2.07 bits per heavy atom. The monoisotopic (exact) mass is 231 g/mol. The Morgan fingerprint density at radius 1 is 1.40 bits per heavy atom. The van der Waals surface area contributed by atoms with E-state index in [-0.39, 0.29) is 0 Å². The zero-order valence-electron chi connectivity index (χ0n) is 10.1. The zero-order valence-corrected chi connectivity index (χ0v) is 11.0. The first kappa shape index (κ1) is 13.3. The molecule has 1 fully saturated rings. The first-order chi connectivity index (χ1) is 7.27. The van der Waals surface area contributed by atoms with Gasteiger partial charge in [-0.3, -0.25) is 0 Å². The van der Waals surface area contributed by atoms with Crippen molar-refractivity contribution in [2.45, 2.75) is 38.6 Å². The zero-order chi connectivity index (χ0) is 11.1. The van der Waals surface area contributed by atoms with Gasteiger partial charge in [-0.15, -0.1) is 0 Å². The summed E-state index contributed by atoms with van der Waals surface area (Å²) in [4.78, 5) is 2.51. The lowest BCUT2D eigenvalue weighted by Gasteiger charge is -2.33. The van der Waals surface area contributed by atoms with E-state index in [0.717, 1.165) is 30.9 Å². The van der Waals surface area contributed by atoms with Crippen LogP contribution < -0.4 is 0 Å². The topological polar surface area (TPSA) is 12.5 Å². The van der Waals surface area contributed by atoms with E-state index in [0.29, 0.717) is 0 Å². The second kappa shape index (κ2) is 7.53. The molecule has 1 aliphatic heterocycles. The molecule has 0 aliphatic carbocycles. The molecule has 90 valence electrons. The van der Waals surface area contributed by atoms with Crippen molar-refractivity contribution in [1.29, 1.82) is 0 Å². The molecule has 1 aliphatic rings. The van der Waals surface area contributed by atoms with Gasteiger partial charge in [0.15, 0.2) is 0 Å². The van der Waals surface area contributed by atoms with Crippen molar-refractivity contribution in [1.82, 2.24) is 4.90 Å². The fraction of sp³-hybridized carbons (Fsp3) is 1.00. The van der Waals surface area contributed by atoms with Gasteiger partial charge in [0.2, 0.25) is 0 Å². The van der Waals surface area contributed by atoms with Crippen LogP contribution in [-0.4, -0.2) is 43.5 Å². The highest BCUT2D eigenvalue weighted by atomic mass is 32.1. The average molecular weight is 231 g/mol. The third-order valence-corrected chi connectivity index (χ3v) is 3.83. The fourth-order valence-electron chi connectivity index (χ4n) is 2.33. The van der Waals surface area contributed by atoms with Crippen molar-refractivity contribution in [3.63, 3.8) is 0 Å². The molecule has 1 heterocycles. The van der Waals surface area contributed by atoms with Gasteiger partial charge in [-0.1, -0.05) is 13.3 Å². The highest BCUT2D eigenvalue weighted by molar-refractivity contribution is 7.80. The molecular formula is C12H25NOS. The number of rotatable bonds is 6. The minimum absolute atomic E-state index is 0.734. The van der Waals surface area contributed by atoms with E-state index in [9.17, 15) is 0 Å². The van der Waals surface area contributed by atoms with E-state index < -0.39 is 0 Å². The molecule has 0 saturated carbocycles. The molecule has 0 radical (unpaired) electrons. The van der Waals surface area contributed by atoms with Crippen molar-refractivity contribution in [3.8, 4) is 0 Å². The normalized spacial score (nSPS) is 20.8. The molecular weight excluding hydrogens is 206 g/mol. The van der Waals surface area contributed by atoms with Crippen LogP contribution in [0, 0.1) is 5.92 Å². The van der Waals surface area contributed by atoms with E-state index in [4.69, 9.17) is 4.74 Å². The molecule has 0 bridgehead atoms. The summed E-state index contributed by atoms with van der Waals surface area (Å²) in [6.45, 7) is 5.33. The van der Waals surface area contributed by atoms with Crippen LogP contribution in [0.15, 0.2) is 0 Å². The lowest BCUT2D eigenvalue weighted by molar-refractivity contribution is 0.0388. The predicted molar refractivity (Wildman–Crippen MR) is 68.7 cm³/mol. The summed E-state index contributed by atoms with van der Waals surface area (Å²) in [6.07, 6.45) is 4.97. The SMILES string of the molecule is CCCC(CS)CN(C)C1CCOCC1. The molecule has 0 amide bonds. The molecule has 2 nitrogen and oxygen atoms in total. The molecule has 15 heavy (non-hydrogen) atoms. The molecule has 0 aromatic carbocycles. The van der Waals surface area contributed by atoms with Gasteiger partial charge in [-0.05, 0) is 38.0 Å². The van der Waals surface area contributed by atoms with E-state index in [1.807, 2.05) is 0 Å². The first-order valence-electron chi connectivity index (χ1n) is 6.16. The largest absolute Gasteiger partial charge is 0.381 e. The Hall–Kier alpha value is 0.270. The summed E-state index contributed by atoms with van der Waals surface area (Å²) in [5.41, 5.74) is 0. The third kappa shape index (κ3) is 4.75. The van der Waals surface area contributed by atoms with Crippen LogP contribution >= 0.6 is 12.6 Å². The molecule has 0 spiro atoms. The Balaban J connectivity index is 2.28. The number of thiol groups is 1. The van der Waals surface area contributed by atoms with Gasteiger partial charge in [0.1, 0.15) is 0 Å². The minimum Gasteiger partial charge on any atom is -0.381 e. The van der Waals surface area contributed by atoms with E-state index >= 15 is 0 Å². The van der Waals surface area contributed by atoms with Crippen LogP contribution in [0.3, 0.4) is 0 Å². The smallest absolute Gasteiger partial charge is 0.0480 e. The quantitative estimate of drug-likeness (QED) is 0.705. The van der Waals surface area contributed by atoms with Crippen LogP contribution in [0.5, 0.6) is 0 Å². The van der Waals surface area contributed by atoms with Crippen LogP contribution in [0.2, 0.25) is 0 Å².